The normalized spacial score (nSPS) is 13.3. The van der Waals surface area contributed by atoms with E-state index in [-0.39, 0.29) is 25.7 Å². The summed E-state index contributed by atoms with van der Waals surface area (Å²) in [7, 11) is 0. The van der Waals surface area contributed by atoms with Crippen molar-refractivity contribution >= 4 is 17.7 Å². The number of hydrogen-bond acceptors (Lipinski definition) is 7. The number of ether oxygens (including phenoxy) is 3. The highest BCUT2D eigenvalue weighted by molar-refractivity contribution is 5.86. The van der Waals surface area contributed by atoms with Gasteiger partial charge in [0.25, 0.3) is 5.69 Å². The highest BCUT2D eigenvalue weighted by Gasteiger charge is 2.21. The van der Waals surface area contributed by atoms with Crippen LogP contribution >= 0.6 is 0 Å². The molecule has 0 radical (unpaired) electrons. The molecule has 8 heteroatoms. The summed E-state index contributed by atoms with van der Waals surface area (Å²) in [5.74, 6) is 0.369. The Morgan fingerprint density at radius 2 is 2.29 bits per heavy atom. The molecule has 0 amide bonds. The Bertz CT molecular complexity index is 780. The number of fused-ring (bicyclic) bond motifs is 1. The molecular formula is C16H13NO7. The second kappa shape index (κ2) is 6.97. The number of furan rings is 1. The third kappa shape index (κ3) is 3.61. The highest BCUT2D eigenvalue weighted by Crippen LogP contribution is 2.33. The third-order valence-corrected chi connectivity index (χ3v) is 3.28. The number of hydrogen-bond donors (Lipinski definition) is 0. The van der Waals surface area contributed by atoms with Gasteiger partial charge in [-0.3, -0.25) is 10.1 Å². The van der Waals surface area contributed by atoms with Gasteiger partial charge in [-0.1, -0.05) is 0 Å². The number of nitrogens with zero attached hydrogens (tertiary/aromatic N) is 1. The molecule has 0 saturated carbocycles. The van der Waals surface area contributed by atoms with E-state index in [9.17, 15) is 14.9 Å². The number of nitro benzene ring substituents is 1. The predicted molar refractivity (Wildman–Crippen MR) is 80.9 cm³/mol. The van der Waals surface area contributed by atoms with Gasteiger partial charge in [-0.2, -0.15) is 0 Å². The summed E-state index contributed by atoms with van der Waals surface area (Å²) in [4.78, 5) is 22.2. The summed E-state index contributed by atoms with van der Waals surface area (Å²) in [6.07, 6.45) is 4.17. The minimum atomic E-state index is -0.598. The largest absolute Gasteiger partial charge is 0.467 e. The van der Waals surface area contributed by atoms with E-state index in [4.69, 9.17) is 18.6 Å². The standard InChI is InChI=1S/C16H13NO7/c18-15(4-3-14-2-1-5-22-14)23-9-12-7-13(17(19)20)6-11-8-21-10-24-16(11)12/h1-7H,8-10H2. The van der Waals surface area contributed by atoms with Crippen LogP contribution in [0, 0.1) is 10.1 Å². The molecule has 0 spiro atoms. The summed E-state index contributed by atoms with van der Waals surface area (Å²) in [6, 6.07) is 6.10. The second-order valence-electron chi connectivity index (χ2n) is 4.92. The van der Waals surface area contributed by atoms with Gasteiger partial charge in [-0.25, -0.2) is 4.79 Å². The maximum atomic E-state index is 11.7. The Balaban J connectivity index is 1.73. The Morgan fingerprint density at radius 3 is 3.04 bits per heavy atom. The number of esters is 1. The maximum absolute atomic E-state index is 11.7. The molecule has 0 fully saturated rings. The maximum Gasteiger partial charge on any atom is 0.331 e. The van der Waals surface area contributed by atoms with Gasteiger partial charge in [0.05, 0.1) is 17.8 Å². The van der Waals surface area contributed by atoms with Crippen molar-refractivity contribution in [1.82, 2.24) is 0 Å². The van der Waals surface area contributed by atoms with Gasteiger partial charge in [0.15, 0.2) is 6.79 Å². The SMILES string of the molecule is O=C(C=Cc1ccco1)OCc1cc([N+](=O)[O-])cc2c1OCOC2. The van der Waals surface area contributed by atoms with Crippen molar-refractivity contribution < 1.29 is 28.3 Å². The third-order valence-electron chi connectivity index (χ3n) is 3.28. The van der Waals surface area contributed by atoms with Crippen LogP contribution in [0.3, 0.4) is 0 Å². The quantitative estimate of drug-likeness (QED) is 0.359. The van der Waals surface area contributed by atoms with Crippen LogP contribution in [0.25, 0.3) is 6.08 Å². The molecule has 0 unspecified atom stereocenters. The Kier molecular flexibility index (Phi) is 4.57. The molecular weight excluding hydrogens is 318 g/mol. The zero-order valence-corrected chi connectivity index (χ0v) is 12.5. The van der Waals surface area contributed by atoms with Crippen LogP contribution in [0.2, 0.25) is 0 Å². The summed E-state index contributed by atoms with van der Waals surface area (Å²) in [5.41, 5.74) is 0.856. The molecule has 1 aromatic heterocycles. The van der Waals surface area contributed by atoms with Crippen molar-refractivity contribution in [2.75, 3.05) is 6.79 Å². The molecule has 0 aliphatic carbocycles. The monoisotopic (exact) mass is 331 g/mol. The van der Waals surface area contributed by atoms with Crippen molar-refractivity contribution in [1.29, 1.82) is 0 Å². The lowest BCUT2D eigenvalue weighted by molar-refractivity contribution is -0.385. The molecule has 8 nitrogen and oxygen atoms in total. The number of non-ortho nitro benzene ring substituents is 1. The molecule has 2 aromatic rings. The molecule has 1 aliphatic heterocycles. The van der Waals surface area contributed by atoms with Crippen molar-refractivity contribution in [3.63, 3.8) is 0 Å². The van der Waals surface area contributed by atoms with Crippen LogP contribution in [0.4, 0.5) is 5.69 Å². The first kappa shape index (κ1) is 15.8. The average Bonchev–Trinajstić information content (AvgIpc) is 3.11. The van der Waals surface area contributed by atoms with Crippen molar-refractivity contribution in [2.24, 2.45) is 0 Å². The van der Waals surface area contributed by atoms with E-state index in [1.54, 1.807) is 12.1 Å². The smallest absolute Gasteiger partial charge is 0.331 e. The van der Waals surface area contributed by atoms with Gasteiger partial charge in [0.2, 0.25) is 0 Å². The first-order valence-electron chi connectivity index (χ1n) is 7.02. The number of nitro groups is 1. The summed E-state index contributed by atoms with van der Waals surface area (Å²) in [5, 5.41) is 11.0. The number of carbonyl (C=O) groups excluding carboxylic acids is 1. The summed E-state index contributed by atoms with van der Waals surface area (Å²) >= 11 is 0. The van der Waals surface area contributed by atoms with E-state index in [2.05, 4.69) is 0 Å². The molecule has 2 heterocycles. The molecule has 1 aromatic carbocycles. The first-order chi connectivity index (χ1) is 11.6. The molecule has 24 heavy (non-hydrogen) atoms. The van der Waals surface area contributed by atoms with Crippen molar-refractivity contribution in [3.8, 4) is 5.75 Å². The molecule has 0 saturated heterocycles. The van der Waals surface area contributed by atoms with Crippen LogP contribution in [-0.4, -0.2) is 17.7 Å². The fourth-order valence-electron chi connectivity index (χ4n) is 2.23. The predicted octanol–water partition coefficient (Wildman–Crippen LogP) is 2.81. The van der Waals surface area contributed by atoms with Gasteiger partial charge in [0.1, 0.15) is 18.1 Å². The number of carbonyl (C=O) groups is 1. The zero-order chi connectivity index (χ0) is 16.9. The minimum Gasteiger partial charge on any atom is -0.467 e. The molecule has 0 atom stereocenters. The topological polar surface area (TPSA) is 101 Å². The first-order valence-corrected chi connectivity index (χ1v) is 7.02. The lowest BCUT2D eigenvalue weighted by Crippen LogP contribution is -2.14. The van der Waals surface area contributed by atoms with Gasteiger partial charge >= 0.3 is 5.97 Å². The lowest BCUT2D eigenvalue weighted by atomic mass is 10.1. The van der Waals surface area contributed by atoms with Crippen LogP contribution < -0.4 is 4.74 Å². The Labute approximate surface area is 136 Å². The van der Waals surface area contributed by atoms with E-state index < -0.39 is 10.9 Å². The molecule has 0 N–H and O–H groups in total. The molecule has 124 valence electrons. The van der Waals surface area contributed by atoms with Gasteiger partial charge in [0, 0.05) is 29.3 Å². The zero-order valence-electron chi connectivity index (χ0n) is 12.5. The molecule has 3 rings (SSSR count). The Hall–Kier alpha value is -3.13. The summed E-state index contributed by atoms with van der Waals surface area (Å²) < 4.78 is 20.7. The fourth-order valence-corrected chi connectivity index (χ4v) is 2.23. The average molecular weight is 331 g/mol. The van der Waals surface area contributed by atoms with Crippen LogP contribution in [-0.2, 0) is 27.5 Å². The van der Waals surface area contributed by atoms with Crippen molar-refractivity contribution in [2.45, 2.75) is 13.2 Å². The van der Waals surface area contributed by atoms with Gasteiger partial charge < -0.3 is 18.6 Å². The van der Waals surface area contributed by atoms with Gasteiger partial charge in [-0.05, 0) is 18.2 Å². The van der Waals surface area contributed by atoms with E-state index in [1.807, 2.05) is 0 Å². The Morgan fingerprint density at radius 1 is 1.42 bits per heavy atom. The van der Waals surface area contributed by atoms with Crippen molar-refractivity contribution in [3.05, 3.63) is 63.6 Å². The van der Waals surface area contributed by atoms with Crippen LogP contribution in [0.5, 0.6) is 5.75 Å². The van der Waals surface area contributed by atoms with E-state index in [0.717, 1.165) is 0 Å². The molecule has 1 aliphatic rings. The van der Waals surface area contributed by atoms with E-state index in [1.165, 1.54) is 30.5 Å². The molecule has 0 bridgehead atoms. The van der Waals surface area contributed by atoms with E-state index >= 15 is 0 Å². The van der Waals surface area contributed by atoms with Crippen LogP contribution in [0.1, 0.15) is 16.9 Å². The number of rotatable bonds is 5. The number of benzene rings is 1. The minimum absolute atomic E-state index is 0.0458. The highest BCUT2D eigenvalue weighted by atomic mass is 16.7. The lowest BCUT2D eigenvalue weighted by Gasteiger charge is -2.20. The fraction of sp³-hybridized carbons (Fsp3) is 0.188. The van der Waals surface area contributed by atoms with E-state index in [0.29, 0.717) is 22.6 Å². The summed E-state index contributed by atoms with van der Waals surface area (Å²) in [6.45, 7) is 0.103. The second-order valence-corrected chi connectivity index (χ2v) is 4.92. The van der Waals surface area contributed by atoms with Crippen LogP contribution in [0.15, 0.2) is 41.0 Å². The van der Waals surface area contributed by atoms with Gasteiger partial charge in [-0.15, -0.1) is 0 Å².